The van der Waals surface area contributed by atoms with Crippen molar-refractivity contribution in [2.24, 2.45) is 0 Å². The van der Waals surface area contributed by atoms with Crippen LogP contribution in [0.25, 0.3) is 0 Å². The number of unbranched alkanes of at least 4 members (excludes halogenated alkanes) is 1. The molecule has 0 aliphatic heterocycles. The van der Waals surface area contributed by atoms with Crippen molar-refractivity contribution >= 4 is 5.97 Å². The maximum absolute atomic E-state index is 12.1. The van der Waals surface area contributed by atoms with Gasteiger partial charge in [0, 0.05) is 6.54 Å². The van der Waals surface area contributed by atoms with Gasteiger partial charge in [0.25, 0.3) is 0 Å². The molecule has 0 aromatic rings. The Bertz CT molecular complexity index is 246. The van der Waals surface area contributed by atoms with Crippen molar-refractivity contribution in [2.45, 2.75) is 59.4 Å². The predicted molar refractivity (Wildman–Crippen MR) is 80.4 cm³/mol. The fourth-order valence-corrected chi connectivity index (χ4v) is 2.13. The van der Waals surface area contributed by atoms with Gasteiger partial charge in [0.2, 0.25) is 0 Å². The van der Waals surface area contributed by atoms with E-state index in [2.05, 4.69) is 24.1 Å². The molecule has 1 atom stereocenters. The van der Waals surface area contributed by atoms with E-state index in [4.69, 9.17) is 4.74 Å². The third-order valence-corrected chi connectivity index (χ3v) is 3.50. The Kier molecular flexibility index (Phi) is 9.88. The lowest BCUT2D eigenvalue weighted by Crippen LogP contribution is -2.52. The molecule has 0 aliphatic rings. The highest BCUT2D eigenvalue weighted by molar-refractivity contribution is 5.80. The molecule has 0 saturated heterocycles. The number of ether oxygens (including phenoxy) is 1. The molecule has 1 unspecified atom stereocenters. The Labute approximate surface area is 118 Å². The fourth-order valence-electron chi connectivity index (χ4n) is 2.13. The largest absolute Gasteiger partial charge is 0.465 e. The SMILES string of the molecule is CCCCN(CC)CCC(C)(NCC)C(=O)OCC. The summed E-state index contributed by atoms with van der Waals surface area (Å²) < 4.78 is 5.19. The molecule has 0 spiro atoms. The molecule has 0 heterocycles. The summed E-state index contributed by atoms with van der Waals surface area (Å²) in [6, 6.07) is 0. The second-order valence-corrected chi connectivity index (χ2v) is 5.12. The van der Waals surface area contributed by atoms with Crippen LogP contribution in [0.3, 0.4) is 0 Å². The topological polar surface area (TPSA) is 41.6 Å². The van der Waals surface area contributed by atoms with Crippen molar-refractivity contribution < 1.29 is 9.53 Å². The van der Waals surface area contributed by atoms with E-state index in [-0.39, 0.29) is 5.97 Å². The molecule has 0 aromatic heterocycles. The summed E-state index contributed by atoms with van der Waals surface area (Å²) in [5.41, 5.74) is -0.565. The summed E-state index contributed by atoms with van der Waals surface area (Å²) in [5.74, 6) is -0.136. The molecule has 0 radical (unpaired) electrons. The second kappa shape index (κ2) is 10.2. The molecule has 0 fully saturated rings. The van der Waals surface area contributed by atoms with Crippen LogP contribution in [0.15, 0.2) is 0 Å². The van der Waals surface area contributed by atoms with Crippen molar-refractivity contribution in [3.8, 4) is 0 Å². The number of hydrogen-bond donors (Lipinski definition) is 1. The highest BCUT2D eigenvalue weighted by Gasteiger charge is 2.33. The number of carbonyl (C=O) groups is 1. The summed E-state index contributed by atoms with van der Waals surface area (Å²) in [6.07, 6.45) is 3.21. The van der Waals surface area contributed by atoms with Crippen LogP contribution in [-0.4, -0.2) is 49.2 Å². The average molecular weight is 272 g/mol. The first-order valence-corrected chi connectivity index (χ1v) is 7.68. The standard InChI is InChI=1S/C15H32N2O2/c1-6-10-12-17(8-3)13-11-15(5,16-7-2)14(18)19-9-4/h16H,6-13H2,1-5H3. The third-order valence-electron chi connectivity index (χ3n) is 3.50. The molecule has 0 rings (SSSR count). The second-order valence-electron chi connectivity index (χ2n) is 5.12. The highest BCUT2D eigenvalue weighted by atomic mass is 16.5. The lowest BCUT2D eigenvalue weighted by atomic mass is 9.97. The zero-order valence-electron chi connectivity index (χ0n) is 13.4. The summed E-state index contributed by atoms with van der Waals surface area (Å²) in [7, 11) is 0. The van der Waals surface area contributed by atoms with Crippen molar-refractivity contribution in [3.05, 3.63) is 0 Å². The smallest absolute Gasteiger partial charge is 0.326 e. The molecule has 0 aliphatic carbocycles. The quantitative estimate of drug-likeness (QED) is 0.587. The van der Waals surface area contributed by atoms with Gasteiger partial charge in [0.05, 0.1) is 6.61 Å². The molecule has 0 saturated carbocycles. The first kappa shape index (κ1) is 18.4. The van der Waals surface area contributed by atoms with Gasteiger partial charge in [-0.2, -0.15) is 0 Å². The minimum Gasteiger partial charge on any atom is -0.465 e. The first-order valence-electron chi connectivity index (χ1n) is 7.68. The Morgan fingerprint density at radius 2 is 1.89 bits per heavy atom. The molecule has 0 bridgehead atoms. The zero-order chi connectivity index (χ0) is 14.7. The van der Waals surface area contributed by atoms with Crippen LogP contribution in [0.5, 0.6) is 0 Å². The molecular formula is C15H32N2O2. The monoisotopic (exact) mass is 272 g/mol. The van der Waals surface area contributed by atoms with Crippen LogP contribution >= 0.6 is 0 Å². The zero-order valence-corrected chi connectivity index (χ0v) is 13.4. The minimum absolute atomic E-state index is 0.136. The van der Waals surface area contributed by atoms with Crippen molar-refractivity contribution in [1.29, 1.82) is 0 Å². The van der Waals surface area contributed by atoms with Crippen molar-refractivity contribution in [3.63, 3.8) is 0 Å². The maximum Gasteiger partial charge on any atom is 0.326 e. The molecule has 1 N–H and O–H groups in total. The summed E-state index contributed by atoms with van der Waals surface area (Å²) in [5, 5.41) is 3.28. The van der Waals surface area contributed by atoms with Gasteiger partial charge >= 0.3 is 5.97 Å². The van der Waals surface area contributed by atoms with Crippen molar-refractivity contribution in [2.75, 3.05) is 32.8 Å². The predicted octanol–water partition coefficient (Wildman–Crippen LogP) is 2.43. The van der Waals surface area contributed by atoms with E-state index in [0.29, 0.717) is 6.61 Å². The van der Waals surface area contributed by atoms with Gasteiger partial charge in [-0.15, -0.1) is 0 Å². The van der Waals surface area contributed by atoms with Gasteiger partial charge in [-0.05, 0) is 46.3 Å². The summed E-state index contributed by atoms with van der Waals surface area (Å²) in [4.78, 5) is 14.5. The molecule has 0 aromatic carbocycles. The van der Waals surface area contributed by atoms with Gasteiger partial charge in [0.1, 0.15) is 5.54 Å². The molecule has 0 amide bonds. The van der Waals surface area contributed by atoms with E-state index in [1.54, 1.807) is 0 Å². The van der Waals surface area contributed by atoms with E-state index >= 15 is 0 Å². The lowest BCUT2D eigenvalue weighted by Gasteiger charge is -2.31. The van der Waals surface area contributed by atoms with Crippen LogP contribution < -0.4 is 5.32 Å². The molecule has 114 valence electrons. The average Bonchev–Trinajstić information content (AvgIpc) is 2.39. The summed E-state index contributed by atoms with van der Waals surface area (Å²) >= 11 is 0. The van der Waals surface area contributed by atoms with Gasteiger partial charge in [0.15, 0.2) is 0 Å². The lowest BCUT2D eigenvalue weighted by molar-refractivity contribution is -0.151. The molecule has 4 heteroatoms. The van der Waals surface area contributed by atoms with Gasteiger partial charge in [-0.25, -0.2) is 0 Å². The van der Waals surface area contributed by atoms with E-state index in [1.807, 2.05) is 20.8 Å². The number of carbonyl (C=O) groups excluding carboxylic acids is 1. The Balaban J connectivity index is 4.43. The van der Waals surface area contributed by atoms with E-state index < -0.39 is 5.54 Å². The number of nitrogens with one attached hydrogen (secondary N) is 1. The Hall–Kier alpha value is -0.610. The van der Waals surface area contributed by atoms with Crippen LogP contribution in [-0.2, 0) is 9.53 Å². The Morgan fingerprint density at radius 1 is 1.21 bits per heavy atom. The van der Waals surface area contributed by atoms with Gasteiger partial charge in [-0.1, -0.05) is 27.2 Å². The number of hydrogen-bond acceptors (Lipinski definition) is 4. The van der Waals surface area contributed by atoms with E-state index in [1.165, 1.54) is 12.8 Å². The molecular weight excluding hydrogens is 240 g/mol. The molecule has 4 nitrogen and oxygen atoms in total. The van der Waals surface area contributed by atoms with Crippen LogP contribution in [0.1, 0.15) is 53.9 Å². The minimum atomic E-state index is -0.565. The normalized spacial score (nSPS) is 14.4. The number of nitrogens with zero attached hydrogens (tertiary/aromatic N) is 1. The number of likely N-dealkylation sites (N-methyl/N-ethyl adjacent to an activating group) is 1. The highest BCUT2D eigenvalue weighted by Crippen LogP contribution is 2.13. The third kappa shape index (κ3) is 6.92. The van der Waals surface area contributed by atoms with Crippen molar-refractivity contribution in [1.82, 2.24) is 10.2 Å². The molecule has 19 heavy (non-hydrogen) atoms. The van der Waals surface area contributed by atoms with Gasteiger partial charge < -0.3 is 15.0 Å². The number of rotatable bonds is 11. The van der Waals surface area contributed by atoms with Crippen LogP contribution in [0.4, 0.5) is 0 Å². The maximum atomic E-state index is 12.1. The number of esters is 1. The first-order chi connectivity index (χ1) is 9.03. The van der Waals surface area contributed by atoms with Crippen LogP contribution in [0.2, 0.25) is 0 Å². The Morgan fingerprint density at radius 3 is 2.37 bits per heavy atom. The fraction of sp³-hybridized carbons (Fsp3) is 0.933. The summed E-state index contributed by atoms with van der Waals surface area (Å²) in [6.45, 7) is 14.5. The van der Waals surface area contributed by atoms with Crippen LogP contribution in [0, 0.1) is 0 Å². The van der Waals surface area contributed by atoms with E-state index in [0.717, 1.165) is 32.6 Å². The van der Waals surface area contributed by atoms with Gasteiger partial charge in [-0.3, -0.25) is 4.79 Å². The van der Waals surface area contributed by atoms with E-state index in [9.17, 15) is 4.79 Å².